The molecule has 1 saturated heterocycles. The van der Waals surface area contributed by atoms with Crippen LogP contribution in [0.2, 0.25) is 0 Å². The zero-order valence-electron chi connectivity index (χ0n) is 15.0. The highest BCUT2D eigenvalue weighted by Gasteiger charge is 2.16. The first-order valence-electron chi connectivity index (χ1n) is 8.82. The van der Waals surface area contributed by atoms with Crippen LogP contribution in [0, 0.1) is 0 Å². The van der Waals surface area contributed by atoms with Crippen molar-refractivity contribution in [2.24, 2.45) is 7.05 Å². The van der Waals surface area contributed by atoms with Crippen molar-refractivity contribution in [1.82, 2.24) is 29.0 Å². The summed E-state index contributed by atoms with van der Waals surface area (Å²) in [5.41, 5.74) is 0.306. The second kappa shape index (κ2) is 7.37. The number of aryl methyl sites for hydroxylation is 1. The summed E-state index contributed by atoms with van der Waals surface area (Å²) in [6.07, 6.45) is 4.79. The van der Waals surface area contributed by atoms with Crippen molar-refractivity contribution in [3.05, 3.63) is 51.6 Å². The Kier molecular flexibility index (Phi) is 4.78. The normalized spacial score (nSPS) is 15.3. The maximum atomic E-state index is 12.8. The van der Waals surface area contributed by atoms with Gasteiger partial charge >= 0.3 is 5.69 Å². The minimum atomic E-state index is -0.378. The smallest absolute Gasteiger partial charge is 0.332 e. The van der Waals surface area contributed by atoms with E-state index < -0.39 is 0 Å². The van der Waals surface area contributed by atoms with E-state index in [-0.39, 0.29) is 11.2 Å². The first kappa shape index (κ1) is 17.5. The molecular weight excluding hydrogens is 348 g/mol. The van der Waals surface area contributed by atoms with E-state index in [4.69, 9.17) is 4.74 Å². The molecule has 1 aliphatic rings. The van der Waals surface area contributed by atoms with Gasteiger partial charge in [0, 0.05) is 57.4 Å². The predicted octanol–water partition coefficient (Wildman–Crippen LogP) is -0.116. The van der Waals surface area contributed by atoms with Gasteiger partial charge < -0.3 is 4.74 Å². The third-order valence-electron chi connectivity index (χ3n) is 4.74. The summed E-state index contributed by atoms with van der Waals surface area (Å²) < 4.78 is 7.98. The Morgan fingerprint density at radius 2 is 1.96 bits per heavy atom. The molecule has 0 saturated carbocycles. The number of aromatic nitrogens is 5. The van der Waals surface area contributed by atoms with Gasteiger partial charge in [-0.3, -0.25) is 23.8 Å². The van der Waals surface area contributed by atoms with Crippen LogP contribution in [0.1, 0.15) is 0 Å². The van der Waals surface area contributed by atoms with Gasteiger partial charge in [0.15, 0.2) is 11.5 Å². The standard InChI is InChI=1S/C18H20N6O3/c1-22-16-14(12-20-15(21-16)13-3-2-4-19-11-13)17(25)24(18(22)26)6-5-23-7-9-27-10-8-23/h2-4,11-12H,5-10H2,1H3. The third-order valence-corrected chi connectivity index (χ3v) is 4.74. The van der Waals surface area contributed by atoms with Crippen LogP contribution in [0.25, 0.3) is 22.4 Å². The second-order valence-corrected chi connectivity index (χ2v) is 6.42. The molecule has 4 heterocycles. The van der Waals surface area contributed by atoms with E-state index in [2.05, 4.69) is 19.9 Å². The SMILES string of the molecule is Cn1c(=O)n(CCN2CCOCC2)c(=O)c2cnc(-c3cccnc3)nc21. The quantitative estimate of drug-likeness (QED) is 0.634. The fourth-order valence-corrected chi connectivity index (χ4v) is 3.18. The maximum absolute atomic E-state index is 12.8. The molecule has 0 radical (unpaired) electrons. The van der Waals surface area contributed by atoms with E-state index in [1.165, 1.54) is 15.3 Å². The van der Waals surface area contributed by atoms with E-state index in [9.17, 15) is 9.59 Å². The number of pyridine rings is 1. The van der Waals surface area contributed by atoms with Crippen molar-refractivity contribution in [2.45, 2.75) is 6.54 Å². The summed E-state index contributed by atoms with van der Waals surface area (Å²) >= 11 is 0. The van der Waals surface area contributed by atoms with Gasteiger partial charge in [-0.2, -0.15) is 0 Å². The van der Waals surface area contributed by atoms with Crippen LogP contribution < -0.4 is 11.2 Å². The van der Waals surface area contributed by atoms with Crippen LogP contribution in [0.3, 0.4) is 0 Å². The molecule has 0 bridgehead atoms. The number of hydrogen-bond donors (Lipinski definition) is 0. The van der Waals surface area contributed by atoms with Gasteiger partial charge in [0.25, 0.3) is 5.56 Å². The van der Waals surface area contributed by atoms with E-state index in [0.717, 1.165) is 18.7 Å². The van der Waals surface area contributed by atoms with E-state index in [1.54, 1.807) is 25.5 Å². The number of ether oxygens (including phenoxy) is 1. The molecule has 0 unspecified atom stereocenters. The van der Waals surface area contributed by atoms with Gasteiger partial charge in [0.1, 0.15) is 5.39 Å². The van der Waals surface area contributed by atoms with E-state index >= 15 is 0 Å². The number of hydrogen-bond acceptors (Lipinski definition) is 7. The molecule has 1 aliphatic heterocycles. The van der Waals surface area contributed by atoms with Crippen LogP contribution >= 0.6 is 0 Å². The fourth-order valence-electron chi connectivity index (χ4n) is 3.18. The largest absolute Gasteiger partial charge is 0.379 e. The zero-order chi connectivity index (χ0) is 18.8. The summed E-state index contributed by atoms with van der Waals surface area (Å²) in [7, 11) is 1.62. The molecule has 27 heavy (non-hydrogen) atoms. The van der Waals surface area contributed by atoms with Gasteiger partial charge in [0.05, 0.1) is 13.2 Å². The molecule has 140 valence electrons. The molecule has 0 amide bonds. The molecule has 3 aromatic rings. The Labute approximate surface area is 154 Å². The molecule has 0 spiro atoms. The lowest BCUT2D eigenvalue weighted by molar-refractivity contribution is 0.0361. The molecule has 4 rings (SSSR count). The number of fused-ring (bicyclic) bond motifs is 1. The molecule has 9 heteroatoms. The highest BCUT2D eigenvalue weighted by Crippen LogP contribution is 2.14. The lowest BCUT2D eigenvalue weighted by atomic mass is 10.2. The number of nitrogens with zero attached hydrogens (tertiary/aromatic N) is 6. The summed E-state index contributed by atoms with van der Waals surface area (Å²) in [6.45, 7) is 3.91. The van der Waals surface area contributed by atoms with Crippen LogP contribution in [0.5, 0.6) is 0 Å². The van der Waals surface area contributed by atoms with Crippen LogP contribution in [-0.2, 0) is 18.3 Å². The highest BCUT2D eigenvalue weighted by molar-refractivity contribution is 5.75. The summed E-state index contributed by atoms with van der Waals surface area (Å²) in [5.74, 6) is 0.427. The molecule has 3 aromatic heterocycles. The fraction of sp³-hybridized carbons (Fsp3) is 0.389. The van der Waals surface area contributed by atoms with Gasteiger partial charge in [-0.15, -0.1) is 0 Å². The number of rotatable bonds is 4. The lowest BCUT2D eigenvalue weighted by Crippen LogP contribution is -2.44. The van der Waals surface area contributed by atoms with Gasteiger partial charge in [-0.1, -0.05) is 0 Å². The van der Waals surface area contributed by atoms with Crippen LogP contribution in [-0.4, -0.2) is 61.8 Å². The second-order valence-electron chi connectivity index (χ2n) is 6.42. The Balaban J connectivity index is 1.72. The van der Waals surface area contributed by atoms with Gasteiger partial charge in [-0.25, -0.2) is 14.8 Å². The topological polar surface area (TPSA) is 95.1 Å². The van der Waals surface area contributed by atoms with Crippen molar-refractivity contribution in [2.75, 3.05) is 32.8 Å². The molecule has 9 nitrogen and oxygen atoms in total. The van der Waals surface area contributed by atoms with Gasteiger partial charge in [0.2, 0.25) is 0 Å². The lowest BCUT2D eigenvalue weighted by Gasteiger charge is -2.26. The minimum Gasteiger partial charge on any atom is -0.379 e. The van der Waals surface area contributed by atoms with Crippen molar-refractivity contribution in [3.63, 3.8) is 0 Å². The molecular formula is C18H20N6O3. The zero-order valence-corrected chi connectivity index (χ0v) is 15.0. The summed E-state index contributed by atoms with van der Waals surface area (Å²) in [4.78, 5) is 40.5. The van der Waals surface area contributed by atoms with Crippen LogP contribution in [0.4, 0.5) is 0 Å². The Hall–Kier alpha value is -2.91. The van der Waals surface area contributed by atoms with E-state index in [1.807, 2.05) is 6.07 Å². The van der Waals surface area contributed by atoms with Gasteiger partial charge in [-0.05, 0) is 12.1 Å². The minimum absolute atomic E-state index is 0.321. The van der Waals surface area contributed by atoms with Crippen molar-refractivity contribution in [1.29, 1.82) is 0 Å². The van der Waals surface area contributed by atoms with Crippen molar-refractivity contribution in [3.8, 4) is 11.4 Å². The first-order valence-corrected chi connectivity index (χ1v) is 8.82. The molecule has 0 aliphatic carbocycles. The monoisotopic (exact) mass is 368 g/mol. The summed E-state index contributed by atoms with van der Waals surface area (Å²) in [6, 6.07) is 3.61. The van der Waals surface area contributed by atoms with Crippen molar-refractivity contribution < 1.29 is 4.74 Å². The summed E-state index contributed by atoms with van der Waals surface area (Å²) in [5, 5.41) is 0.326. The molecule has 0 aromatic carbocycles. The highest BCUT2D eigenvalue weighted by atomic mass is 16.5. The third kappa shape index (κ3) is 3.38. The van der Waals surface area contributed by atoms with Crippen LogP contribution in [0.15, 0.2) is 40.3 Å². The Bertz CT molecular complexity index is 1070. The Morgan fingerprint density at radius 1 is 1.15 bits per heavy atom. The first-order chi connectivity index (χ1) is 13.1. The maximum Gasteiger partial charge on any atom is 0.332 e. The van der Waals surface area contributed by atoms with Crippen molar-refractivity contribution >= 4 is 11.0 Å². The molecule has 0 N–H and O–H groups in total. The molecule has 1 fully saturated rings. The molecule has 0 atom stereocenters. The number of morpholine rings is 1. The average Bonchev–Trinajstić information content (AvgIpc) is 2.73. The van der Waals surface area contributed by atoms with E-state index in [0.29, 0.717) is 43.2 Å². The predicted molar refractivity (Wildman–Crippen MR) is 99.5 cm³/mol. The average molecular weight is 368 g/mol. The Morgan fingerprint density at radius 3 is 2.70 bits per heavy atom.